The number of aromatic nitrogens is 6. The Morgan fingerprint density at radius 1 is 1.03 bits per heavy atom. The van der Waals surface area contributed by atoms with Gasteiger partial charge in [0.05, 0.1) is 12.2 Å². The van der Waals surface area contributed by atoms with Crippen LogP contribution in [0.1, 0.15) is 45.7 Å². The summed E-state index contributed by atoms with van der Waals surface area (Å²) >= 11 is 0. The van der Waals surface area contributed by atoms with Crippen molar-refractivity contribution in [2.24, 2.45) is 0 Å². The number of nitrogens with zero attached hydrogens (tertiary/aromatic N) is 6. The van der Waals surface area contributed by atoms with Crippen molar-refractivity contribution in [3.63, 3.8) is 0 Å². The van der Waals surface area contributed by atoms with Crippen molar-refractivity contribution >= 4 is 17.2 Å². The minimum Gasteiger partial charge on any atom is -0.319 e. The van der Waals surface area contributed by atoms with E-state index >= 15 is 0 Å². The number of hydrogen-bond acceptors (Lipinski definition) is 5. The van der Waals surface area contributed by atoms with Crippen molar-refractivity contribution in [1.82, 2.24) is 29.4 Å². The van der Waals surface area contributed by atoms with E-state index in [9.17, 15) is 4.79 Å². The molecule has 0 radical (unpaired) electrons. The van der Waals surface area contributed by atoms with Gasteiger partial charge >= 0.3 is 0 Å². The zero-order valence-corrected chi connectivity index (χ0v) is 18.1. The summed E-state index contributed by atoms with van der Waals surface area (Å²) in [7, 11) is 0. The van der Waals surface area contributed by atoms with E-state index in [1.54, 1.807) is 16.9 Å². The largest absolute Gasteiger partial charge is 0.319 e. The number of nitrogens with one attached hydrogen (secondary N) is 1. The van der Waals surface area contributed by atoms with Gasteiger partial charge in [0.2, 0.25) is 5.82 Å². The number of rotatable bonds is 3. The number of imidazole rings is 1. The molecule has 6 rings (SSSR count). The molecule has 0 spiro atoms. The van der Waals surface area contributed by atoms with Crippen LogP contribution in [0.25, 0.3) is 5.65 Å². The van der Waals surface area contributed by atoms with Gasteiger partial charge in [0.1, 0.15) is 11.5 Å². The summed E-state index contributed by atoms with van der Waals surface area (Å²) in [6.07, 6.45) is 5.11. The third-order valence-electron chi connectivity index (χ3n) is 5.76. The maximum Gasteiger partial charge on any atom is 0.295 e. The number of fused-ring (bicyclic) bond motifs is 2. The van der Waals surface area contributed by atoms with Crippen LogP contribution in [0.5, 0.6) is 0 Å². The third-order valence-corrected chi connectivity index (χ3v) is 5.76. The quantitative estimate of drug-likeness (QED) is 0.429. The van der Waals surface area contributed by atoms with Crippen molar-refractivity contribution in [3.8, 4) is 11.8 Å². The molecule has 0 fully saturated rings. The number of benzene rings is 2. The lowest BCUT2D eigenvalue weighted by atomic mass is 10.1. The zero-order chi connectivity index (χ0) is 22.9. The van der Waals surface area contributed by atoms with E-state index in [1.807, 2.05) is 59.3 Å². The van der Waals surface area contributed by atoms with Crippen molar-refractivity contribution < 1.29 is 4.79 Å². The van der Waals surface area contributed by atoms with Crippen LogP contribution in [-0.4, -0.2) is 35.3 Å². The van der Waals surface area contributed by atoms with Crippen molar-refractivity contribution in [3.05, 3.63) is 108 Å². The number of carbonyl (C=O) groups excluding carboxylic acids is 1. The Morgan fingerprint density at radius 3 is 2.85 bits per heavy atom. The zero-order valence-electron chi connectivity index (χ0n) is 18.1. The molecular formula is C26H19N7O. The smallest absolute Gasteiger partial charge is 0.295 e. The summed E-state index contributed by atoms with van der Waals surface area (Å²) in [6, 6.07) is 21.4. The average molecular weight is 445 g/mol. The number of hydrogen-bond donors (Lipinski definition) is 1. The topological polar surface area (TPSA) is 90.0 Å². The van der Waals surface area contributed by atoms with Crippen LogP contribution in [0.15, 0.2) is 79.1 Å². The van der Waals surface area contributed by atoms with Crippen LogP contribution < -0.4 is 5.32 Å². The molecule has 1 unspecified atom stereocenters. The van der Waals surface area contributed by atoms with Crippen molar-refractivity contribution in [1.29, 1.82) is 0 Å². The lowest BCUT2D eigenvalue weighted by molar-refractivity contribution is 0.101. The molecule has 1 amide bonds. The first kappa shape index (κ1) is 19.9. The van der Waals surface area contributed by atoms with Gasteiger partial charge in [0.15, 0.2) is 5.65 Å². The fourth-order valence-corrected chi connectivity index (χ4v) is 4.16. The van der Waals surface area contributed by atoms with E-state index in [2.05, 4.69) is 49.5 Å². The second kappa shape index (κ2) is 8.30. The predicted octanol–water partition coefficient (Wildman–Crippen LogP) is 3.51. The Kier molecular flexibility index (Phi) is 4.85. The molecule has 1 atom stereocenters. The molecule has 1 aliphatic heterocycles. The molecule has 164 valence electrons. The first-order chi connectivity index (χ1) is 16.7. The van der Waals surface area contributed by atoms with E-state index < -0.39 is 0 Å². The van der Waals surface area contributed by atoms with Gasteiger partial charge in [-0.3, -0.25) is 4.79 Å². The Hall–Kier alpha value is -4.77. The minimum atomic E-state index is -0.343. The van der Waals surface area contributed by atoms with Gasteiger partial charge in [-0.05, 0) is 48.2 Å². The maximum absolute atomic E-state index is 12.9. The molecule has 1 aliphatic rings. The van der Waals surface area contributed by atoms with E-state index in [-0.39, 0.29) is 17.8 Å². The van der Waals surface area contributed by atoms with Crippen LogP contribution in [0, 0.1) is 11.8 Å². The average Bonchev–Trinajstić information content (AvgIpc) is 3.58. The molecule has 4 heterocycles. The number of anilines is 1. The highest BCUT2D eigenvalue weighted by molar-refractivity contribution is 6.01. The second-order valence-electron chi connectivity index (χ2n) is 7.98. The van der Waals surface area contributed by atoms with E-state index in [1.165, 1.54) is 5.56 Å². The van der Waals surface area contributed by atoms with Crippen molar-refractivity contribution in [2.75, 3.05) is 5.32 Å². The van der Waals surface area contributed by atoms with Crippen molar-refractivity contribution in [2.45, 2.75) is 18.9 Å². The Balaban J connectivity index is 1.20. The highest BCUT2D eigenvalue weighted by Gasteiger charge is 2.28. The van der Waals surface area contributed by atoms with Gasteiger partial charge in [-0.25, -0.2) is 19.2 Å². The fraction of sp³-hybridized carbons (Fsp3) is 0.115. The standard InChI is InChI=1S/C26H19N7O/c34-26(25-30-24-14-13-22(33(24)31-25)19-7-2-1-3-8-19)29-20-9-4-6-18(16-20)11-12-21-17-27-23-10-5-15-28-32(21)23/h1-10,15-17,22H,13-14H2,(H,29,34). The summed E-state index contributed by atoms with van der Waals surface area (Å²) < 4.78 is 3.56. The summed E-state index contributed by atoms with van der Waals surface area (Å²) in [5.41, 5.74) is 3.98. The molecule has 0 saturated heterocycles. The Bertz CT molecular complexity index is 1570. The Labute approximate surface area is 195 Å². The third kappa shape index (κ3) is 3.69. The molecule has 1 N–H and O–H groups in total. The molecule has 2 aromatic carbocycles. The predicted molar refractivity (Wildman–Crippen MR) is 126 cm³/mol. The molecule has 8 nitrogen and oxygen atoms in total. The van der Waals surface area contributed by atoms with Crippen LogP contribution >= 0.6 is 0 Å². The summed E-state index contributed by atoms with van der Waals surface area (Å²) in [5.74, 6) is 6.86. The molecule has 0 saturated carbocycles. The Morgan fingerprint density at radius 2 is 1.94 bits per heavy atom. The van der Waals surface area contributed by atoms with E-state index in [0.29, 0.717) is 11.4 Å². The molecule has 0 aliphatic carbocycles. The maximum atomic E-state index is 12.9. The van der Waals surface area contributed by atoms with Gasteiger partial charge in [0.25, 0.3) is 5.91 Å². The van der Waals surface area contributed by atoms with Gasteiger partial charge in [-0.1, -0.05) is 42.3 Å². The normalized spacial score (nSPS) is 14.4. The van der Waals surface area contributed by atoms with Gasteiger partial charge in [0, 0.05) is 23.9 Å². The number of aryl methyl sites for hydroxylation is 1. The van der Waals surface area contributed by atoms with E-state index in [0.717, 1.165) is 29.9 Å². The lowest BCUT2D eigenvalue weighted by Crippen LogP contribution is -2.15. The summed E-state index contributed by atoms with van der Waals surface area (Å²) in [6.45, 7) is 0. The SMILES string of the molecule is O=C(Nc1cccc(C#Cc2cnc3cccnn23)c1)c1nc2n(n1)C(c1ccccc1)CC2. The van der Waals surface area contributed by atoms with Crippen LogP contribution in [-0.2, 0) is 6.42 Å². The number of carbonyl (C=O) groups is 1. The molecular weight excluding hydrogens is 426 g/mol. The van der Waals surface area contributed by atoms with Crippen LogP contribution in [0.3, 0.4) is 0 Å². The molecule has 8 heteroatoms. The van der Waals surface area contributed by atoms with Gasteiger partial charge in [-0.2, -0.15) is 5.10 Å². The summed E-state index contributed by atoms with van der Waals surface area (Å²) in [5, 5.41) is 11.7. The van der Waals surface area contributed by atoms with Gasteiger partial charge < -0.3 is 5.32 Å². The van der Waals surface area contributed by atoms with Gasteiger partial charge in [-0.15, -0.1) is 5.10 Å². The fourth-order valence-electron chi connectivity index (χ4n) is 4.16. The molecule has 34 heavy (non-hydrogen) atoms. The first-order valence-electron chi connectivity index (χ1n) is 11.0. The number of amides is 1. The first-order valence-corrected chi connectivity index (χ1v) is 11.0. The molecule has 0 bridgehead atoms. The minimum absolute atomic E-state index is 0.109. The monoisotopic (exact) mass is 445 g/mol. The summed E-state index contributed by atoms with van der Waals surface area (Å²) in [4.78, 5) is 21.6. The highest BCUT2D eigenvalue weighted by atomic mass is 16.2. The second-order valence-corrected chi connectivity index (χ2v) is 7.98. The van der Waals surface area contributed by atoms with E-state index in [4.69, 9.17) is 0 Å². The molecule has 3 aromatic heterocycles. The van der Waals surface area contributed by atoms with Crippen LogP contribution in [0.4, 0.5) is 5.69 Å². The highest BCUT2D eigenvalue weighted by Crippen LogP contribution is 2.30. The van der Waals surface area contributed by atoms with Crippen LogP contribution in [0.2, 0.25) is 0 Å². The lowest BCUT2D eigenvalue weighted by Gasteiger charge is -2.11. The molecule has 5 aromatic rings.